The molecule has 106 valence electrons. The normalized spacial score (nSPS) is 10.2. The van der Waals surface area contributed by atoms with Gasteiger partial charge in [-0.2, -0.15) is 5.10 Å². The first-order valence-electron chi connectivity index (χ1n) is 5.69. The molecule has 0 saturated heterocycles. The number of aromatic nitrogens is 2. The third kappa shape index (κ3) is 2.37. The molecule has 0 aliphatic carbocycles. The monoisotopic (exact) mass is 278 g/mol. The second-order valence-corrected chi connectivity index (χ2v) is 3.88. The minimum absolute atomic E-state index is 0.0140. The Balaban J connectivity index is 2.61. The summed E-state index contributed by atoms with van der Waals surface area (Å²) < 4.78 is 15.7. The van der Waals surface area contributed by atoms with Crippen LogP contribution in [-0.2, 0) is 0 Å². The Kier molecular flexibility index (Phi) is 3.79. The van der Waals surface area contributed by atoms with E-state index in [1.165, 1.54) is 27.4 Å². The summed E-state index contributed by atoms with van der Waals surface area (Å²) >= 11 is 0. The van der Waals surface area contributed by atoms with Gasteiger partial charge in [0.1, 0.15) is 28.6 Å². The van der Waals surface area contributed by atoms with Gasteiger partial charge in [0, 0.05) is 12.1 Å². The van der Waals surface area contributed by atoms with E-state index in [-0.39, 0.29) is 5.69 Å². The fourth-order valence-corrected chi connectivity index (χ4v) is 1.82. The number of nitrogens with zero attached hydrogens (tertiary/aromatic N) is 1. The van der Waals surface area contributed by atoms with Crippen molar-refractivity contribution < 1.29 is 24.1 Å². The molecule has 2 rings (SSSR count). The van der Waals surface area contributed by atoms with Gasteiger partial charge in [0.15, 0.2) is 0 Å². The van der Waals surface area contributed by atoms with E-state index in [4.69, 9.17) is 19.3 Å². The van der Waals surface area contributed by atoms with Crippen LogP contribution in [0.3, 0.4) is 0 Å². The van der Waals surface area contributed by atoms with Gasteiger partial charge in [-0.3, -0.25) is 5.10 Å². The smallest absolute Gasteiger partial charge is 0.353 e. The Labute approximate surface area is 115 Å². The van der Waals surface area contributed by atoms with Crippen LogP contribution in [0.4, 0.5) is 0 Å². The number of carbonyl (C=O) groups is 1. The van der Waals surface area contributed by atoms with Gasteiger partial charge >= 0.3 is 5.97 Å². The second kappa shape index (κ2) is 5.52. The summed E-state index contributed by atoms with van der Waals surface area (Å²) in [6.07, 6.45) is 0. The molecule has 0 radical (unpaired) electrons. The molecule has 0 aliphatic heterocycles. The number of benzene rings is 1. The number of H-pyrrole nitrogens is 1. The van der Waals surface area contributed by atoms with Gasteiger partial charge in [0.25, 0.3) is 0 Å². The fraction of sp³-hybridized carbons (Fsp3) is 0.231. The van der Waals surface area contributed by atoms with Gasteiger partial charge in [0.2, 0.25) is 0 Å². The van der Waals surface area contributed by atoms with Crippen LogP contribution in [0, 0.1) is 0 Å². The zero-order valence-electron chi connectivity index (χ0n) is 11.3. The summed E-state index contributed by atoms with van der Waals surface area (Å²) in [5, 5.41) is 15.3. The number of methoxy groups -OCH3 is 3. The predicted molar refractivity (Wildman–Crippen MR) is 70.6 cm³/mol. The largest absolute Gasteiger partial charge is 0.496 e. The molecule has 0 unspecified atom stereocenters. The molecule has 7 heteroatoms. The maximum atomic E-state index is 10.9. The van der Waals surface area contributed by atoms with E-state index in [1.54, 1.807) is 12.1 Å². The van der Waals surface area contributed by atoms with E-state index >= 15 is 0 Å². The highest BCUT2D eigenvalue weighted by Gasteiger charge is 2.19. The SMILES string of the molecule is COc1cc(OC)c(-c2cc(C(=O)O)[nH]n2)c(OC)c1. The molecule has 0 spiro atoms. The Morgan fingerprint density at radius 2 is 1.70 bits per heavy atom. The molecule has 0 aliphatic rings. The quantitative estimate of drug-likeness (QED) is 0.866. The summed E-state index contributed by atoms with van der Waals surface area (Å²) in [6.45, 7) is 0. The minimum Gasteiger partial charge on any atom is -0.496 e. The van der Waals surface area contributed by atoms with Crippen molar-refractivity contribution in [3.63, 3.8) is 0 Å². The van der Waals surface area contributed by atoms with Crippen molar-refractivity contribution in [2.24, 2.45) is 0 Å². The molecular formula is C13H14N2O5. The Bertz CT molecular complexity index is 610. The number of ether oxygens (including phenoxy) is 3. The molecule has 0 fully saturated rings. The lowest BCUT2D eigenvalue weighted by molar-refractivity contribution is 0.0690. The molecule has 2 N–H and O–H groups in total. The van der Waals surface area contributed by atoms with Crippen LogP contribution < -0.4 is 14.2 Å². The molecule has 7 nitrogen and oxygen atoms in total. The number of nitrogens with one attached hydrogen (secondary N) is 1. The molecule has 1 aromatic heterocycles. The highest BCUT2D eigenvalue weighted by molar-refractivity contribution is 5.88. The van der Waals surface area contributed by atoms with E-state index in [1.807, 2.05) is 0 Å². The first-order chi connectivity index (χ1) is 9.60. The van der Waals surface area contributed by atoms with E-state index in [2.05, 4.69) is 10.2 Å². The van der Waals surface area contributed by atoms with Gasteiger partial charge in [-0.15, -0.1) is 0 Å². The third-order valence-electron chi connectivity index (χ3n) is 2.78. The number of rotatable bonds is 5. The van der Waals surface area contributed by atoms with Crippen LogP contribution in [0.2, 0.25) is 0 Å². The molecule has 20 heavy (non-hydrogen) atoms. The van der Waals surface area contributed by atoms with Crippen LogP contribution >= 0.6 is 0 Å². The zero-order chi connectivity index (χ0) is 14.7. The third-order valence-corrected chi connectivity index (χ3v) is 2.78. The predicted octanol–water partition coefficient (Wildman–Crippen LogP) is 1.80. The molecule has 1 aromatic carbocycles. The molecule has 0 bridgehead atoms. The summed E-state index contributed by atoms with van der Waals surface area (Å²) in [4.78, 5) is 10.9. The average molecular weight is 278 g/mol. The van der Waals surface area contributed by atoms with Crippen molar-refractivity contribution in [2.45, 2.75) is 0 Å². The van der Waals surface area contributed by atoms with Crippen molar-refractivity contribution in [2.75, 3.05) is 21.3 Å². The minimum atomic E-state index is -1.09. The molecule has 0 saturated carbocycles. The van der Waals surface area contributed by atoms with E-state index in [9.17, 15) is 4.79 Å². The zero-order valence-corrected chi connectivity index (χ0v) is 11.3. The van der Waals surface area contributed by atoms with E-state index < -0.39 is 5.97 Å². The summed E-state index contributed by atoms with van der Waals surface area (Å²) in [6, 6.07) is 4.76. The number of carboxylic acid groups (broad SMARTS) is 1. The fourth-order valence-electron chi connectivity index (χ4n) is 1.82. The molecule has 1 heterocycles. The Hall–Kier alpha value is -2.70. The van der Waals surface area contributed by atoms with E-state index in [0.29, 0.717) is 28.5 Å². The number of aromatic amines is 1. The van der Waals surface area contributed by atoms with Crippen molar-refractivity contribution >= 4 is 5.97 Å². The topological polar surface area (TPSA) is 93.7 Å². The average Bonchev–Trinajstić information content (AvgIpc) is 2.95. The van der Waals surface area contributed by atoms with Crippen LogP contribution in [-0.4, -0.2) is 42.6 Å². The maximum absolute atomic E-state index is 10.9. The van der Waals surface area contributed by atoms with Crippen LogP contribution in [0.25, 0.3) is 11.3 Å². The number of aromatic carboxylic acids is 1. The molecule has 2 aromatic rings. The van der Waals surface area contributed by atoms with Gasteiger partial charge in [-0.1, -0.05) is 0 Å². The molecule has 0 atom stereocenters. The van der Waals surface area contributed by atoms with Gasteiger partial charge < -0.3 is 19.3 Å². The Morgan fingerprint density at radius 3 is 2.10 bits per heavy atom. The van der Waals surface area contributed by atoms with Crippen LogP contribution in [0.15, 0.2) is 18.2 Å². The molecular weight excluding hydrogens is 264 g/mol. The van der Waals surface area contributed by atoms with Crippen LogP contribution in [0.1, 0.15) is 10.5 Å². The lowest BCUT2D eigenvalue weighted by Gasteiger charge is -2.13. The van der Waals surface area contributed by atoms with Gasteiger partial charge in [-0.25, -0.2) is 4.79 Å². The number of carboxylic acids is 1. The number of hydrogen-bond acceptors (Lipinski definition) is 5. The van der Waals surface area contributed by atoms with Crippen molar-refractivity contribution in [1.82, 2.24) is 10.2 Å². The van der Waals surface area contributed by atoms with Crippen LogP contribution in [0.5, 0.6) is 17.2 Å². The van der Waals surface area contributed by atoms with Crippen molar-refractivity contribution in [1.29, 1.82) is 0 Å². The lowest BCUT2D eigenvalue weighted by atomic mass is 10.1. The highest BCUT2D eigenvalue weighted by atomic mass is 16.5. The first kappa shape index (κ1) is 13.7. The summed E-state index contributed by atoms with van der Waals surface area (Å²) in [7, 11) is 4.54. The summed E-state index contributed by atoms with van der Waals surface area (Å²) in [5.74, 6) is 0.431. The molecule has 0 amide bonds. The van der Waals surface area contributed by atoms with Crippen molar-refractivity contribution in [3.8, 4) is 28.5 Å². The Morgan fingerprint density at radius 1 is 1.10 bits per heavy atom. The standard InChI is InChI=1S/C13H14N2O5/c1-18-7-4-10(19-2)12(11(5-7)20-3)8-6-9(13(16)17)15-14-8/h4-6H,1-3H3,(H,14,15)(H,16,17). The first-order valence-corrected chi connectivity index (χ1v) is 5.69. The highest BCUT2D eigenvalue weighted by Crippen LogP contribution is 2.41. The number of hydrogen-bond donors (Lipinski definition) is 2. The summed E-state index contributed by atoms with van der Waals surface area (Å²) in [5.41, 5.74) is 0.957. The second-order valence-electron chi connectivity index (χ2n) is 3.88. The van der Waals surface area contributed by atoms with Gasteiger partial charge in [0.05, 0.1) is 26.9 Å². The van der Waals surface area contributed by atoms with Crippen molar-refractivity contribution in [3.05, 3.63) is 23.9 Å². The van der Waals surface area contributed by atoms with Gasteiger partial charge in [-0.05, 0) is 6.07 Å². The lowest BCUT2D eigenvalue weighted by Crippen LogP contribution is -1.95. The van der Waals surface area contributed by atoms with E-state index in [0.717, 1.165) is 0 Å². The maximum Gasteiger partial charge on any atom is 0.353 e.